The second kappa shape index (κ2) is 4.41. The molecule has 0 amide bonds. The maximum Gasteiger partial charge on any atom is 0.0608 e. The Labute approximate surface area is 77.9 Å². The monoisotopic (exact) mass is 181 g/mol. The molecule has 1 aromatic heterocycles. The molecule has 1 aromatic rings. The molecule has 0 bridgehead atoms. The van der Waals surface area contributed by atoms with Crippen LogP contribution in [0.25, 0.3) is 0 Å². The minimum absolute atomic E-state index is 0.831. The summed E-state index contributed by atoms with van der Waals surface area (Å²) >= 11 is 0. The number of hydrazine groups is 1. The van der Waals surface area contributed by atoms with Crippen LogP contribution in [-0.4, -0.2) is 36.3 Å². The normalized spacial score (nSPS) is 19.1. The average molecular weight is 181 g/mol. The molecule has 0 aromatic carbocycles. The number of hydrogen-bond acceptors (Lipinski definition) is 3. The maximum atomic E-state index is 5.25. The van der Waals surface area contributed by atoms with Gasteiger partial charge in [-0.15, -0.1) is 0 Å². The number of morpholine rings is 1. The Bertz CT molecular complexity index is 229. The molecule has 1 saturated heterocycles. The average Bonchev–Trinajstić information content (AvgIpc) is 2.69. The Morgan fingerprint density at radius 3 is 3.00 bits per heavy atom. The second-order valence-electron chi connectivity index (χ2n) is 3.13. The van der Waals surface area contributed by atoms with E-state index in [2.05, 4.69) is 21.5 Å². The third-order valence-corrected chi connectivity index (χ3v) is 2.17. The summed E-state index contributed by atoms with van der Waals surface area (Å²) in [6.07, 6.45) is 1.94. The fraction of sp³-hybridized carbons (Fsp3) is 0.556. The van der Waals surface area contributed by atoms with E-state index < -0.39 is 0 Å². The lowest BCUT2D eigenvalue weighted by Gasteiger charge is -2.26. The van der Waals surface area contributed by atoms with Gasteiger partial charge in [-0.2, -0.15) is 0 Å². The van der Waals surface area contributed by atoms with Crippen molar-refractivity contribution in [3.05, 3.63) is 24.0 Å². The summed E-state index contributed by atoms with van der Waals surface area (Å²) < 4.78 is 5.25. The van der Waals surface area contributed by atoms with Gasteiger partial charge < -0.3 is 9.72 Å². The summed E-state index contributed by atoms with van der Waals surface area (Å²) in [5.41, 5.74) is 4.56. The maximum absolute atomic E-state index is 5.25. The lowest BCUT2D eigenvalue weighted by Crippen LogP contribution is -2.45. The van der Waals surface area contributed by atoms with Gasteiger partial charge in [0.25, 0.3) is 0 Å². The number of nitrogens with zero attached hydrogens (tertiary/aromatic N) is 1. The van der Waals surface area contributed by atoms with Crippen LogP contribution >= 0.6 is 0 Å². The van der Waals surface area contributed by atoms with Crippen LogP contribution in [-0.2, 0) is 11.3 Å². The summed E-state index contributed by atoms with van der Waals surface area (Å²) in [4.78, 5) is 3.16. The van der Waals surface area contributed by atoms with Gasteiger partial charge in [-0.1, -0.05) is 0 Å². The number of ether oxygens (including phenoxy) is 1. The quantitative estimate of drug-likeness (QED) is 0.707. The van der Waals surface area contributed by atoms with Gasteiger partial charge in [-0.3, -0.25) is 0 Å². The highest BCUT2D eigenvalue weighted by Gasteiger charge is 2.08. The van der Waals surface area contributed by atoms with Crippen molar-refractivity contribution in [3.63, 3.8) is 0 Å². The topological polar surface area (TPSA) is 40.3 Å². The Balaban J connectivity index is 1.72. The van der Waals surface area contributed by atoms with E-state index in [0.717, 1.165) is 32.8 Å². The smallest absolute Gasteiger partial charge is 0.0608 e. The Kier molecular flexibility index (Phi) is 2.97. The summed E-state index contributed by atoms with van der Waals surface area (Å²) in [5.74, 6) is 0. The number of aromatic nitrogens is 1. The van der Waals surface area contributed by atoms with Crippen molar-refractivity contribution in [3.8, 4) is 0 Å². The number of hydrogen-bond donors (Lipinski definition) is 2. The predicted molar refractivity (Wildman–Crippen MR) is 50.0 cm³/mol. The van der Waals surface area contributed by atoms with E-state index in [1.807, 2.05) is 12.3 Å². The molecule has 4 heteroatoms. The van der Waals surface area contributed by atoms with Crippen molar-refractivity contribution in [1.82, 2.24) is 15.4 Å². The summed E-state index contributed by atoms with van der Waals surface area (Å²) in [7, 11) is 0. The third kappa shape index (κ3) is 2.55. The molecule has 0 atom stereocenters. The molecule has 72 valence electrons. The van der Waals surface area contributed by atoms with Crippen LogP contribution in [0.15, 0.2) is 18.3 Å². The van der Waals surface area contributed by atoms with Crippen molar-refractivity contribution in [1.29, 1.82) is 0 Å². The Morgan fingerprint density at radius 1 is 1.46 bits per heavy atom. The summed E-state index contributed by atoms with van der Waals surface area (Å²) in [6, 6.07) is 4.09. The number of rotatable bonds is 3. The van der Waals surface area contributed by atoms with Crippen molar-refractivity contribution in [2.24, 2.45) is 0 Å². The highest BCUT2D eigenvalue weighted by atomic mass is 16.5. The van der Waals surface area contributed by atoms with E-state index in [4.69, 9.17) is 4.74 Å². The molecule has 13 heavy (non-hydrogen) atoms. The van der Waals surface area contributed by atoms with E-state index in [1.165, 1.54) is 5.69 Å². The molecule has 1 fully saturated rings. The molecule has 1 aliphatic heterocycles. The SMILES string of the molecule is c1c[nH]c(CNN2CCOCC2)c1. The van der Waals surface area contributed by atoms with Crippen LogP contribution in [0.2, 0.25) is 0 Å². The van der Waals surface area contributed by atoms with Crippen LogP contribution in [0.1, 0.15) is 5.69 Å². The molecule has 0 spiro atoms. The van der Waals surface area contributed by atoms with E-state index >= 15 is 0 Å². The molecule has 1 aliphatic rings. The Morgan fingerprint density at radius 2 is 2.31 bits per heavy atom. The molecule has 0 aliphatic carbocycles. The van der Waals surface area contributed by atoms with Crippen LogP contribution in [0.4, 0.5) is 0 Å². The number of nitrogens with one attached hydrogen (secondary N) is 2. The van der Waals surface area contributed by atoms with Gasteiger partial charge >= 0.3 is 0 Å². The molecule has 0 radical (unpaired) electrons. The van der Waals surface area contributed by atoms with Gasteiger partial charge in [0.05, 0.1) is 19.8 Å². The minimum atomic E-state index is 0.831. The van der Waals surface area contributed by atoms with Crippen LogP contribution in [0.3, 0.4) is 0 Å². The zero-order valence-corrected chi connectivity index (χ0v) is 7.62. The van der Waals surface area contributed by atoms with E-state index in [-0.39, 0.29) is 0 Å². The van der Waals surface area contributed by atoms with Crippen molar-refractivity contribution >= 4 is 0 Å². The highest BCUT2D eigenvalue weighted by molar-refractivity contribution is 5.02. The van der Waals surface area contributed by atoms with E-state index in [0.29, 0.717) is 0 Å². The van der Waals surface area contributed by atoms with Gasteiger partial charge in [0.15, 0.2) is 0 Å². The minimum Gasteiger partial charge on any atom is -0.379 e. The first-order valence-electron chi connectivity index (χ1n) is 4.63. The van der Waals surface area contributed by atoms with Crippen LogP contribution in [0, 0.1) is 0 Å². The van der Waals surface area contributed by atoms with Crippen molar-refractivity contribution < 1.29 is 4.74 Å². The molecule has 4 nitrogen and oxygen atoms in total. The molecule has 0 saturated carbocycles. The standard InChI is InChI=1S/C9H15N3O/c1-2-9(10-3-1)8-11-12-4-6-13-7-5-12/h1-3,10-11H,4-8H2. The van der Waals surface area contributed by atoms with Gasteiger partial charge in [-0.25, -0.2) is 10.4 Å². The molecule has 2 heterocycles. The first kappa shape index (κ1) is 8.74. The van der Waals surface area contributed by atoms with E-state index in [9.17, 15) is 0 Å². The van der Waals surface area contributed by atoms with Crippen molar-refractivity contribution in [2.45, 2.75) is 6.54 Å². The zero-order valence-electron chi connectivity index (χ0n) is 7.62. The van der Waals surface area contributed by atoms with Crippen molar-refractivity contribution in [2.75, 3.05) is 26.3 Å². The molecule has 2 N–H and O–H groups in total. The van der Waals surface area contributed by atoms with Gasteiger partial charge in [-0.05, 0) is 12.1 Å². The highest BCUT2D eigenvalue weighted by Crippen LogP contribution is 1.96. The first-order chi connectivity index (χ1) is 6.45. The van der Waals surface area contributed by atoms with Gasteiger partial charge in [0, 0.05) is 25.0 Å². The van der Waals surface area contributed by atoms with Crippen LogP contribution < -0.4 is 5.43 Å². The predicted octanol–water partition coefficient (Wildman–Crippen LogP) is 0.351. The van der Waals surface area contributed by atoms with Gasteiger partial charge in [0.1, 0.15) is 0 Å². The third-order valence-electron chi connectivity index (χ3n) is 2.17. The second-order valence-corrected chi connectivity index (χ2v) is 3.13. The largest absolute Gasteiger partial charge is 0.379 e. The molecule has 0 unspecified atom stereocenters. The number of H-pyrrole nitrogens is 1. The number of aromatic amines is 1. The lowest BCUT2D eigenvalue weighted by molar-refractivity contribution is 0.0104. The first-order valence-corrected chi connectivity index (χ1v) is 4.63. The van der Waals surface area contributed by atoms with Gasteiger partial charge in [0.2, 0.25) is 0 Å². The summed E-state index contributed by atoms with van der Waals surface area (Å²) in [6.45, 7) is 4.48. The molecular formula is C9H15N3O. The fourth-order valence-electron chi connectivity index (χ4n) is 1.40. The zero-order chi connectivity index (χ0) is 8.93. The molecular weight excluding hydrogens is 166 g/mol. The Hall–Kier alpha value is -0.840. The lowest BCUT2D eigenvalue weighted by atomic mass is 10.4. The fourth-order valence-corrected chi connectivity index (χ4v) is 1.40. The molecule has 2 rings (SSSR count). The van der Waals surface area contributed by atoms with E-state index in [1.54, 1.807) is 0 Å². The summed E-state index contributed by atoms with van der Waals surface area (Å²) in [5, 5.41) is 2.20. The van der Waals surface area contributed by atoms with Crippen LogP contribution in [0.5, 0.6) is 0 Å².